The predicted molar refractivity (Wildman–Crippen MR) is 72.1 cm³/mol. The molecule has 0 bridgehead atoms. The fourth-order valence-electron chi connectivity index (χ4n) is 1.10. The Morgan fingerprint density at radius 3 is 1.64 bits per heavy atom. The minimum atomic E-state index is -0.218. The Morgan fingerprint density at radius 1 is 1.07 bits per heavy atom. The lowest BCUT2D eigenvalue weighted by molar-refractivity contribution is -0.0612. The van der Waals surface area contributed by atoms with Gasteiger partial charge in [-0.05, 0) is 41.5 Å². The minimum Gasteiger partial charge on any atom is -0.359 e. The molecule has 0 spiro atoms. The van der Waals surface area contributed by atoms with E-state index in [9.17, 15) is 0 Å². The predicted octanol–water partition coefficient (Wildman–Crippen LogP) is 4.64. The molecule has 0 aliphatic rings. The van der Waals surface area contributed by atoms with Crippen LogP contribution >= 0.6 is 24.0 Å². The Morgan fingerprint density at radius 2 is 1.43 bits per heavy atom. The molecule has 0 aliphatic heterocycles. The third-order valence-corrected chi connectivity index (χ3v) is 2.05. The second kappa shape index (κ2) is 6.81. The zero-order valence-corrected chi connectivity index (χ0v) is 12.4. The van der Waals surface area contributed by atoms with Crippen molar-refractivity contribution in [3.05, 3.63) is 0 Å². The van der Waals surface area contributed by atoms with Crippen molar-refractivity contribution in [2.75, 3.05) is 0 Å². The van der Waals surface area contributed by atoms with E-state index in [1.165, 1.54) is 0 Å². The first-order valence-electron chi connectivity index (χ1n) is 5.02. The monoisotopic (exact) mass is 236 g/mol. The number of thioether (sulfide) groups is 1. The van der Waals surface area contributed by atoms with Crippen molar-refractivity contribution < 1.29 is 4.74 Å². The summed E-state index contributed by atoms with van der Waals surface area (Å²) in [7, 11) is 0. The van der Waals surface area contributed by atoms with Crippen LogP contribution in [-0.2, 0) is 4.74 Å². The zero-order valence-electron chi connectivity index (χ0n) is 10.7. The van der Waals surface area contributed by atoms with Gasteiger partial charge in [-0.2, -0.15) is 0 Å². The lowest BCUT2D eigenvalue weighted by Crippen LogP contribution is -2.32. The number of rotatable bonds is 2. The van der Waals surface area contributed by atoms with Crippen LogP contribution in [-0.4, -0.2) is 14.7 Å². The van der Waals surface area contributed by atoms with E-state index in [1.54, 1.807) is 11.8 Å². The van der Waals surface area contributed by atoms with E-state index in [2.05, 4.69) is 0 Å². The second-order valence-corrected chi connectivity index (χ2v) is 6.88. The molecule has 3 heteroatoms. The van der Waals surface area contributed by atoms with Crippen LogP contribution in [0.2, 0.25) is 0 Å². The number of hydrogen-bond donors (Lipinski definition) is 0. The first kappa shape index (κ1) is 16.8. The Hall–Kier alpha value is 0.400. The maximum atomic E-state index is 5.81. The summed E-state index contributed by atoms with van der Waals surface area (Å²) in [5.74, 6) is 0. The van der Waals surface area contributed by atoms with Gasteiger partial charge in [-0.25, -0.2) is 0 Å². The van der Waals surface area contributed by atoms with Crippen molar-refractivity contribution in [3.63, 3.8) is 0 Å². The van der Waals surface area contributed by atoms with Crippen LogP contribution in [0, 0.1) is 0 Å². The quantitative estimate of drug-likeness (QED) is 0.510. The molecule has 0 aromatic rings. The SMILES string of the molecule is CC.CC(=S)SC(C)(C)OC(C)(C)C. The molecule has 0 N–H and O–H groups in total. The van der Waals surface area contributed by atoms with Gasteiger partial charge in [0.2, 0.25) is 0 Å². The van der Waals surface area contributed by atoms with Crippen molar-refractivity contribution in [2.24, 2.45) is 0 Å². The van der Waals surface area contributed by atoms with Gasteiger partial charge in [0.15, 0.2) is 0 Å². The first-order chi connectivity index (χ1) is 6.12. The molecule has 0 radical (unpaired) electrons. The molecule has 0 aromatic carbocycles. The van der Waals surface area contributed by atoms with Crippen LogP contribution in [0.5, 0.6) is 0 Å². The van der Waals surface area contributed by atoms with Gasteiger partial charge in [0, 0.05) is 4.20 Å². The smallest absolute Gasteiger partial charge is 0.113 e. The van der Waals surface area contributed by atoms with Crippen molar-refractivity contribution in [1.29, 1.82) is 0 Å². The van der Waals surface area contributed by atoms with Crippen LogP contribution < -0.4 is 0 Å². The van der Waals surface area contributed by atoms with Crippen molar-refractivity contribution in [1.82, 2.24) is 0 Å². The molecule has 0 amide bonds. The van der Waals surface area contributed by atoms with Gasteiger partial charge in [-0.1, -0.05) is 37.8 Å². The van der Waals surface area contributed by atoms with Crippen LogP contribution in [0.3, 0.4) is 0 Å². The Bertz CT molecular complexity index is 169. The summed E-state index contributed by atoms with van der Waals surface area (Å²) in [6.07, 6.45) is 0. The molecule has 0 atom stereocenters. The molecule has 0 heterocycles. The fraction of sp³-hybridized carbons (Fsp3) is 0.909. The van der Waals surface area contributed by atoms with Crippen molar-refractivity contribution in [3.8, 4) is 0 Å². The molecule has 0 fully saturated rings. The van der Waals surface area contributed by atoms with Crippen molar-refractivity contribution in [2.45, 2.75) is 65.9 Å². The molecular weight excluding hydrogens is 212 g/mol. The molecule has 86 valence electrons. The average molecular weight is 236 g/mol. The number of ether oxygens (including phenoxy) is 1. The standard InChI is InChI=1S/C9H18OS2.C2H6/c1-7(11)12-9(5,6)10-8(2,3)4;1-2/h1-6H3;1-2H3. The molecule has 0 aliphatic carbocycles. The van der Waals surface area contributed by atoms with E-state index in [0.717, 1.165) is 4.20 Å². The van der Waals surface area contributed by atoms with Crippen LogP contribution in [0.1, 0.15) is 55.4 Å². The van der Waals surface area contributed by atoms with Gasteiger partial charge in [-0.3, -0.25) is 0 Å². The highest BCUT2D eigenvalue weighted by Gasteiger charge is 2.26. The molecule has 1 nitrogen and oxygen atoms in total. The van der Waals surface area contributed by atoms with E-state index in [1.807, 2.05) is 55.4 Å². The Balaban J connectivity index is 0. The maximum Gasteiger partial charge on any atom is 0.113 e. The molecule has 0 saturated heterocycles. The topological polar surface area (TPSA) is 9.23 Å². The van der Waals surface area contributed by atoms with E-state index in [0.29, 0.717) is 0 Å². The second-order valence-electron chi connectivity index (χ2n) is 4.21. The van der Waals surface area contributed by atoms with Gasteiger partial charge < -0.3 is 4.74 Å². The van der Waals surface area contributed by atoms with Crippen molar-refractivity contribution >= 4 is 28.2 Å². The maximum absolute atomic E-state index is 5.81. The largest absolute Gasteiger partial charge is 0.359 e. The minimum absolute atomic E-state index is 0.110. The van der Waals surface area contributed by atoms with E-state index in [-0.39, 0.29) is 10.5 Å². The van der Waals surface area contributed by atoms with Gasteiger partial charge in [-0.15, -0.1) is 0 Å². The van der Waals surface area contributed by atoms with Crippen LogP contribution in [0.15, 0.2) is 0 Å². The lowest BCUT2D eigenvalue weighted by atomic mass is 10.2. The summed E-state index contributed by atoms with van der Waals surface area (Å²) in [5, 5.41) is 0. The average Bonchev–Trinajstić information content (AvgIpc) is 1.82. The summed E-state index contributed by atoms with van der Waals surface area (Å²) in [6.45, 7) is 16.2. The highest BCUT2D eigenvalue weighted by molar-refractivity contribution is 8.23. The Labute approximate surface area is 99.0 Å². The number of thiocarbonyl (C=S) groups is 1. The Kier molecular flexibility index (Phi) is 8.17. The van der Waals surface area contributed by atoms with Gasteiger partial charge in [0.25, 0.3) is 0 Å². The van der Waals surface area contributed by atoms with Crippen LogP contribution in [0.25, 0.3) is 0 Å². The normalized spacial score (nSPS) is 11.7. The first-order valence-corrected chi connectivity index (χ1v) is 6.25. The molecule has 14 heavy (non-hydrogen) atoms. The summed E-state index contributed by atoms with van der Waals surface area (Å²) < 4.78 is 6.73. The van der Waals surface area contributed by atoms with Crippen LogP contribution in [0.4, 0.5) is 0 Å². The lowest BCUT2D eigenvalue weighted by Gasteiger charge is -2.32. The van der Waals surface area contributed by atoms with Gasteiger partial charge >= 0.3 is 0 Å². The van der Waals surface area contributed by atoms with E-state index in [4.69, 9.17) is 17.0 Å². The molecular formula is C11H24OS2. The van der Waals surface area contributed by atoms with Gasteiger partial charge in [0.05, 0.1) is 5.60 Å². The fourth-order valence-corrected chi connectivity index (χ4v) is 2.69. The number of hydrogen-bond acceptors (Lipinski definition) is 3. The summed E-state index contributed by atoms with van der Waals surface area (Å²) in [6, 6.07) is 0. The molecule has 0 aromatic heterocycles. The summed E-state index contributed by atoms with van der Waals surface area (Å²) in [4.78, 5) is -0.218. The highest BCUT2D eigenvalue weighted by Crippen LogP contribution is 2.31. The zero-order chi connectivity index (χ0) is 12.0. The van der Waals surface area contributed by atoms with Gasteiger partial charge in [0.1, 0.15) is 4.93 Å². The molecule has 0 unspecified atom stereocenters. The highest BCUT2D eigenvalue weighted by atomic mass is 32.2. The third-order valence-electron chi connectivity index (χ3n) is 0.941. The summed E-state index contributed by atoms with van der Waals surface area (Å²) in [5.41, 5.74) is -0.110. The summed E-state index contributed by atoms with van der Waals surface area (Å²) >= 11 is 6.61. The molecule has 0 saturated carbocycles. The van der Waals surface area contributed by atoms with E-state index < -0.39 is 0 Å². The third kappa shape index (κ3) is 12.4. The van der Waals surface area contributed by atoms with E-state index >= 15 is 0 Å². The molecule has 0 rings (SSSR count).